The van der Waals surface area contributed by atoms with Gasteiger partial charge in [0.2, 0.25) is 5.91 Å². The molecule has 1 amide bonds. The first kappa shape index (κ1) is 18.4. The van der Waals surface area contributed by atoms with E-state index in [2.05, 4.69) is 16.4 Å². The molecule has 0 radical (unpaired) electrons. The summed E-state index contributed by atoms with van der Waals surface area (Å²) < 4.78 is 19.7. The SMILES string of the molecule is COc1cccc(F)c1-c1ccc2c(c1)NC(=O)CC(c1cccc(C#N)c1)=N2. The summed E-state index contributed by atoms with van der Waals surface area (Å²) in [5, 5.41) is 12.0. The van der Waals surface area contributed by atoms with Crippen LogP contribution in [0.5, 0.6) is 5.75 Å². The zero-order valence-corrected chi connectivity index (χ0v) is 15.6. The number of fused-ring (bicyclic) bond motifs is 1. The molecule has 0 aromatic heterocycles. The minimum absolute atomic E-state index is 0.0713. The number of anilines is 1. The highest BCUT2D eigenvalue weighted by molar-refractivity contribution is 6.17. The maximum Gasteiger partial charge on any atom is 0.230 e. The fourth-order valence-electron chi connectivity index (χ4n) is 3.31. The molecular formula is C23H16FN3O2. The third-order valence-corrected chi connectivity index (χ3v) is 4.66. The Morgan fingerprint density at radius 3 is 2.72 bits per heavy atom. The number of methoxy groups -OCH3 is 1. The molecule has 0 bridgehead atoms. The minimum atomic E-state index is -0.415. The first-order chi connectivity index (χ1) is 14.1. The van der Waals surface area contributed by atoms with Crippen molar-refractivity contribution in [1.29, 1.82) is 5.26 Å². The number of nitrogens with one attached hydrogen (secondary N) is 1. The van der Waals surface area contributed by atoms with Crippen LogP contribution in [0, 0.1) is 17.1 Å². The van der Waals surface area contributed by atoms with E-state index in [1.54, 1.807) is 48.5 Å². The number of hydrogen-bond acceptors (Lipinski definition) is 4. The third kappa shape index (κ3) is 3.58. The highest BCUT2D eigenvalue weighted by Crippen LogP contribution is 2.38. The van der Waals surface area contributed by atoms with Gasteiger partial charge in [-0.1, -0.05) is 24.3 Å². The van der Waals surface area contributed by atoms with Gasteiger partial charge in [-0.25, -0.2) is 4.39 Å². The highest BCUT2D eigenvalue weighted by Gasteiger charge is 2.19. The van der Waals surface area contributed by atoms with Gasteiger partial charge in [0, 0.05) is 0 Å². The number of amides is 1. The summed E-state index contributed by atoms with van der Waals surface area (Å²) in [6.45, 7) is 0. The number of carbonyl (C=O) groups excluding carboxylic acids is 1. The van der Waals surface area contributed by atoms with E-state index in [0.717, 1.165) is 0 Å². The molecule has 29 heavy (non-hydrogen) atoms. The van der Waals surface area contributed by atoms with Crippen LogP contribution in [0.25, 0.3) is 11.1 Å². The Bertz CT molecular complexity index is 1190. The van der Waals surface area contributed by atoms with Crippen molar-refractivity contribution in [3.63, 3.8) is 0 Å². The normalized spacial score (nSPS) is 12.9. The van der Waals surface area contributed by atoms with Gasteiger partial charge in [-0.3, -0.25) is 9.79 Å². The Labute approximate surface area is 167 Å². The van der Waals surface area contributed by atoms with Crippen molar-refractivity contribution in [2.75, 3.05) is 12.4 Å². The molecule has 0 unspecified atom stereocenters. The maximum atomic E-state index is 14.4. The van der Waals surface area contributed by atoms with Crippen LogP contribution in [0.1, 0.15) is 17.5 Å². The van der Waals surface area contributed by atoms with Crippen LogP contribution in [0.15, 0.2) is 65.7 Å². The molecule has 5 nitrogen and oxygen atoms in total. The molecule has 142 valence electrons. The molecule has 0 aliphatic carbocycles. The van der Waals surface area contributed by atoms with Crippen molar-refractivity contribution in [3.05, 3.63) is 77.6 Å². The molecular weight excluding hydrogens is 369 g/mol. The Kier molecular flexibility index (Phi) is 4.80. The highest BCUT2D eigenvalue weighted by atomic mass is 19.1. The standard InChI is InChI=1S/C23H16FN3O2/c1-29-21-7-3-6-17(24)23(21)16-8-9-18-20(11-16)27-22(28)12-19(26-18)15-5-2-4-14(10-15)13-25/h2-11H,12H2,1H3,(H,27,28). The van der Waals surface area contributed by atoms with Crippen molar-refractivity contribution < 1.29 is 13.9 Å². The summed E-state index contributed by atoms with van der Waals surface area (Å²) in [6, 6.07) is 18.8. The van der Waals surface area contributed by atoms with E-state index < -0.39 is 5.82 Å². The number of aliphatic imine (C=N–C) groups is 1. The Morgan fingerprint density at radius 2 is 1.93 bits per heavy atom. The Balaban J connectivity index is 1.81. The lowest BCUT2D eigenvalue weighted by atomic mass is 10.0. The molecule has 1 N–H and O–H groups in total. The number of nitriles is 1. The van der Waals surface area contributed by atoms with E-state index in [-0.39, 0.29) is 12.3 Å². The van der Waals surface area contributed by atoms with Crippen LogP contribution >= 0.6 is 0 Å². The lowest BCUT2D eigenvalue weighted by Gasteiger charge is -2.12. The molecule has 1 aliphatic heterocycles. The van der Waals surface area contributed by atoms with Gasteiger partial charge in [0.15, 0.2) is 0 Å². The third-order valence-electron chi connectivity index (χ3n) is 4.66. The van der Waals surface area contributed by atoms with Gasteiger partial charge >= 0.3 is 0 Å². The average Bonchev–Trinajstić information content (AvgIpc) is 2.90. The van der Waals surface area contributed by atoms with Crippen molar-refractivity contribution in [3.8, 4) is 22.9 Å². The number of carbonyl (C=O) groups is 1. The summed E-state index contributed by atoms with van der Waals surface area (Å²) in [5.41, 5.74) is 3.72. The van der Waals surface area contributed by atoms with Crippen LogP contribution in [0.2, 0.25) is 0 Å². The zero-order chi connectivity index (χ0) is 20.4. The largest absolute Gasteiger partial charge is 0.496 e. The minimum Gasteiger partial charge on any atom is -0.496 e. The first-order valence-electron chi connectivity index (χ1n) is 8.94. The second-order valence-corrected chi connectivity index (χ2v) is 6.53. The molecule has 3 aromatic carbocycles. The summed E-state index contributed by atoms with van der Waals surface area (Å²) in [5.74, 6) is -0.244. The fraction of sp³-hybridized carbons (Fsp3) is 0.0870. The van der Waals surface area contributed by atoms with Crippen LogP contribution in [0.4, 0.5) is 15.8 Å². The predicted molar refractivity (Wildman–Crippen MR) is 109 cm³/mol. The molecule has 6 heteroatoms. The molecule has 0 atom stereocenters. The number of hydrogen-bond donors (Lipinski definition) is 1. The molecule has 0 saturated carbocycles. The zero-order valence-electron chi connectivity index (χ0n) is 15.6. The lowest BCUT2D eigenvalue weighted by molar-refractivity contribution is -0.115. The van der Waals surface area contributed by atoms with E-state index in [9.17, 15) is 9.18 Å². The second-order valence-electron chi connectivity index (χ2n) is 6.53. The van der Waals surface area contributed by atoms with Crippen LogP contribution < -0.4 is 10.1 Å². The van der Waals surface area contributed by atoms with Gasteiger partial charge in [0.1, 0.15) is 11.6 Å². The molecule has 0 fully saturated rings. The second kappa shape index (κ2) is 7.56. The number of halogens is 1. The van der Waals surface area contributed by atoms with E-state index in [0.29, 0.717) is 45.1 Å². The number of nitrogens with zero attached hydrogens (tertiary/aromatic N) is 2. The fourth-order valence-corrected chi connectivity index (χ4v) is 3.31. The molecule has 4 rings (SSSR count). The topological polar surface area (TPSA) is 74.5 Å². The van der Waals surface area contributed by atoms with E-state index in [1.807, 2.05) is 6.07 Å². The van der Waals surface area contributed by atoms with E-state index in [4.69, 9.17) is 10.00 Å². The Hall–Kier alpha value is -3.98. The van der Waals surface area contributed by atoms with Gasteiger partial charge in [-0.2, -0.15) is 5.26 Å². The average molecular weight is 385 g/mol. The van der Waals surface area contributed by atoms with E-state index >= 15 is 0 Å². The van der Waals surface area contributed by atoms with Crippen molar-refractivity contribution in [1.82, 2.24) is 0 Å². The monoisotopic (exact) mass is 385 g/mol. The maximum absolute atomic E-state index is 14.4. The van der Waals surface area contributed by atoms with Crippen LogP contribution in [0.3, 0.4) is 0 Å². The van der Waals surface area contributed by atoms with E-state index in [1.165, 1.54) is 13.2 Å². The van der Waals surface area contributed by atoms with Crippen LogP contribution in [-0.4, -0.2) is 18.7 Å². The molecule has 3 aromatic rings. The van der Waals surface area contributed by atoms with Crippen molar-refractivity contribution in [2.45, 2.75) is 6.42 Å². The quantitative estimate of drug-likeness (QED) is 0.701. The summed E-state index contributed by atoms with van der Waals surface area (Å²) in [4.78, 5) is 17.1. The number of rotatable bonds is 3. The smallest absolute Gasteiger partial charge is 0.230 e. The van der Waals surface area contributed by atoms with Crippen molar-refractivity contribution >= 4 is 23.0 Å². The number of ether oxygens (including phenoxy) is 1. The van der Waals surface area contributed by atoms with Gasteiger partial charge in [0.25, 0.3) is 0 Å². The van der Waals surface area contributed by atoms with Crippen LogP contribution in [-0.2, 0) is 4.79 Å². The molecule has 0 saturated heterocycles. The summed E-state index contributed by atoms with van der Waals surface area (Å²) in [7, 11) is 1.48. The molecule has 1 heterocycles. The molecule has 1 aliphatic rings. The predicted octanol–water partition coefficient (Wildman–Crippen LogP) is 4.84. The van der Waals surface area contributed by atoms with Gasteiger partial charge in [0.05, 0.1) is 47.8 Å². The number of benzene rings is 3. The Morgan fingerprint density at radius 1 is 1.10 bits per heavy atom. The van der Waals surface area contributed by atoms with Gasteiger partial charge in [-0.15, -0.1) is 0 Å². The van der Waals surface area contributed by atoms with Gasteiger partial charge < -0.3 is 10.1 Å². The van der Waals surface area contributed by atoms with Crippen molar-refractivity contribution in [2.24, 2.45) is 4.99 Å². The first-order valence-corrected chi connectivity index (χ1v) is 8.94. The summed E-state index contributed by atoms with van der Waals surface area (Å²) >= 11 is 0. The molecule has 0 spiro atoms. The van der Waals surface area contributed by atoms with Gasteiger partial charge in [-0.05, 0) is 47.5 Å². The lowest BCUT2D eigenvalue weighted by Crippen LogP contribution is -2.15. The summed E-state index contributed by atoms with van der Waals surface area (Å²) in [6.07, 6.45) is 0.0713.